The Kier molecular flexibility index (Phi) is 7.40. The number of aliphatic hydroxyl groups is 1. The van der Waals surface area contributed by atoms with Gasteiger partial charge in [0.05, 0.1) is 38.4 Å². The molecule has 0 aromatic heterocycles. The summed E-state index contributed by atoms with van der Waals surface area (Å²) in [5.41, 5.74) is -0.116. The number of rotatable bonds is 5. The number of methoxy groups -OCH3 is 1. The minimum absolute atomic E-state index is 0.242. The van der Waals surface area contributed by atoms with E-state index in [-0.39, 0.29) is 19.1 Å². The van der Waals surface area contributed by atoms with Gasteiger partial charge in [-0.2, -0.15) is 0 Å². The number of benzene rings is 2. The number of fused-ring (bicyclic) bond motifs is 2. The Bertz CT molecular complexity index is 1360. The predicted molar refractivity (Wildman–Crippen MR) is 150 cm³/mol. The number of hydrogen-bond donors (Lipinski definition) is 1. The summed E-state index contributed by atoms with van der Waals surface area (Å²) in [5, 5.41) is 10.6. The highest BCUT2D eigenvalue weighted by atomic mass is 16.6. The standard InChI is InChI=1S/C32H34N2O7/c1-39-23-15-13-22(14-16-23)33-18-9-17-32-27(26-25(41-32)12-7-2-3-8-19-40-31(26)38)29(36)34(28(32)30(33)37)24(20-35)21-10-5-4-6-11-21/h4-7,9-17,24-28,35H,2-3,8,18-20H2,1H3/b12-7-/t24-,25-,26+,27+,28?,32+/m1/s1. The van der Waals surface area contributed by atoms with E-state index in [0.29, 0.717) is 17.0 Å². The molecule has 6 atom stereocenters. The van der Waals surface area contributed by atoms with Gasteiger partial charge in [0.1, 0.15) is 23.3 Å². The molecule has 4 aliphatic rings. The molecule has 9 heteroatoms. The fourth-order valence-electron chi connectivity index (χ4n) is 6.72. The van der Waals surface area contributed by atoms with Crippen LogP contribution in [0.15, 0.2) is 78.9 Å². The Balaban J connectivity index is 1.49. The fourth-order valence-corrected chi connectivity index (χ4v) is 6.72. The molecule has 9 nitrogen and oxygen atoms in total. The molecule has 0 radical (unpaired) electrons. The number of allylic oxidation sites excluding steroid dienone is 1. The molecular weight excluding hydrogens is 524 g/mol. The molecule has 2 saturated heterocycles. The average Bonchev–Trinajstić information content (AvgIpc) is 3.39. The molecular formula is C32H34N2O7. The van der Waals surface area contributed by atoms with Crippen LogP contribution in [0.4, 0.5) is 5.69 Å². The highest BCUT2D eigenvalue weighted by Crippen LogP contribution is 2.55. The molecule has 41 heavy (non-hydrogen) atoms. The number of ether oxygens (including phenoxy) is 3. The average molecular weight is 559 g/mol. The number of carbonyl (C=O) groups excluding carboxylic acids is 3. The molecule has 2 fully saturated rings. The molecule has 4 aliphatic heterocycles. The van der Waals surface area contributed by atoms with E-state index in [1.807, 2.05) is 48.6 Å². The van der Waals surface area contributed by atoms with Crippen LogP contribution in [-0.2, 0) is 23.9 Å². The van der Waals surface area contributed by atoms with E-state index in [1.165, 1.54) is 4.90 Å². The number of nitrogens with zero attached hydrogens (tertiary/aromatic N) is 2. The molecule has 0 bridgehead atoms. The number of hydrogen-bond acceptors (Lipinski definition) is 7. The van der Waals surface area contributed by atoms with Crippen molar-refractivity contribution in [2.45, 2.75) is 43.1 Å². The van der Waals surface area contributed by atoms with Crippen molar-refractivity contribution in [3.8, 4) is 5.75 Å². The largest absolute Gasteiger partial charge is 0.497 e. The van der Waals surface area contributed by atoms with Crippen LogP contribution in [0.1, 0.15) is 30.9 Å². The summed E-state index contributed by atoms with van der Waals surface area (Å²) in [7, 11) is 1.57. The molecule has 2 aromatic rings. The quantitative estimate of drug-likeness (QED) is 0.444. The van der Waals surface area contributed by atoms with Gasteiger partial charge in [0, 0.05) is 12.2 Å². The summed E-state index contributed by atoms with van der Waals surface area (Å²) < 4.78 is 17.6. The first-order valence-electron chi connectivity index (χ1n) is 14.1. The summed E-state index contributed by atoms with van der Waals surface area (Å²) in [4.78, 5) is 45.7. The number of amides is 2. The second kappa shape index (κ2) is 11.1. The van der Waals surface area contributed by atoms with E-state index in [0.717, 1.165) is 19.3 Å². The Morgan fingerprint density at radius 3 is 2.54 bits per heavy atom. The molecule has 0 saturated carbocycles. The first-order chi connectivity index (χ1) is 20.0. The summed E-state index contributed by atoms with van der Waals surface area (Å²) in [6, 6.07) is 14.3. The summed E-state index contributed by atoms with van der Waals surface area (Å²) >= 11 is 0. The Morgan fingerprint density at radius 2 is 1.80 bits per heavy atom. The van der Waals surface area contributed by atoms with Gasteiger partial charge in [-0.05, 0) is 49.1 Å². The van der Waals surface area contributed by atoms with Gasteiger partial charge in [-0.1, -0.05) is 54.6 Å². The lowest BCUT2D eigenvalue weighted by atomic mass is 9.78. The van der Waals surface area contributed by atoms with Crippen molar-refractivity contribution in [2.24, 2.45) is 11.8 Å². The molecule has 1 N–H and O–H groups in total. The zero-order valence-corrected chi connectivity index (χ0v) is 22.9. The van der Waals surface area contributed by atoms with E-state index < -0.39 is 54.1 Å². The van der Waals surface area contributed by atoms with Crippen molar-refractivity contribution < 1.29 is 33.7 Å². The van der Waals surface area contributed by atoms with Crippen LogP contribution in [-0.4, -0.2) is 72.4 Å². The Labute approximate surface area is 239 Å². The number of cyclic esters (lactones) is 1. The molecule has 2 amide bonds. The second-order valence-corrected chi connectivity index (χ2v) is 10.8. The number of carbonyl (C=O) groups is 3. The zero-order valence-electron chi connectivity index (χ0n) is 22.9. The maximum absolute atomic E-state index is 14.6. The van der Waals surface area contributed by atoms with Crippen molar-refractivity contribution in [1.29, 1.82) is 0 Å². The van der Waals surface area contributed by atoms with E-state index >= 15 is 0 Å². The highest BCUT2D eigenvalue weighted by molar-refractivity contribution is 6.05. The van der Waals surface area contributed by atoms with Crippen molar-refractivity contribution in [3.63, 3.8) is 0 Å². The second-order valence-electron chi connectivity index (χ2n) is 10.8. The van der Waals surface area contributed by atoms with Crippen molar-refractivity contribution in [1.82, 2.24) is 4.90 Å². The normalized spacial score (nSPS) is 31.0. The van der Waals surface area contributed by atoms with Gasteiger partial charge in [0.15, 0.2) is 0 Å². The van der Waals surface area contributed by atoms with E-state index in [2.05, 4.69) is 0 Å². The van der Waals surface area contributed by atoms with Gasteiger partial charge in [-0.3, -0.25) is 14.4 Å². The molecule has 1 unspecified atom stereocenters. The van der Waals surface area contributed by atoms with E-state index in [4.69, 9.17) is 14.2 Å². The number of likely N-dealkylation sites (tertiary alicyclic amines) is 1. The summed E-state index contributed by atoms with van der Waals surface area (Å²) in [6.07, 6.45) is 9.10. The minimum Gasteiger partial charge on any atom is -0.497 e. The van der Waals surface area contributed by atoms with Crippen LogP contribution >= 0.6 is 0 Å². The fraction of sp³-hybridized carbons (Fsp3) is 0.406. The summed E-state index contributed by atoms with van der Waals surface area (Å²) in [6.45, 7) is 0.0968. The van der Waals surface area contributed by atoms with E-state index in [1.54, 1.807) is 42.4 Å². The number of esters is 1. The molecule has 6 rings (SSSR count). The van der Waals surface area contributed by atoms with Gasteiger partial charge in [-0.15, -0.1) is 0 Å². The lowest BCUT2D eigenvalue weighted by Crippen LogP contribution is -2.56. The maximum Gasteiger partial charge on any atom is 0.312 e. The first kappa shape index (κ1) is 27.2. The minimum atomic E-state index is -1.43. The Morgan fingerprint density at radius 1 is 1.02 bits per heavy atom. The Hall–Kier alpha value is -3.95. The summed E-state index contributed by atoms with van der Waals surface area (Å²) in [5.74, 6) is -2.55. The van der Waals surface area contributed by atoms with Crippen LogP contribution in [0, 0.1) is 11.8 Å². The molecule has 0 aliphatic carbocycles. The molecule has 4 heterocycles. The van der Waals surface area contributed by atoms with Gasteiger partial charge >= 0.3 is 5.97 Å². The van der Waals surface area contributed by atoms with E-state index in [9.17, 15) is 19.5 Å². The maximum atomic E-state index is 14.6. The third-order valence-corrected chi connectivity index (χ3v) is 8.62. The van der Waals surface area contributed by atoms with Crippen LogP contribution in [0.2, 0.25) is 0 Å². The lowest BCUT2D eigenvalue weighted by Gasteiger charge is -2.38. The van der Waals surface area contributed by atoms with Gasteiger partial charge in [0.2, 0.25) is 5.91 Å². The number of aliphatic hydroxyl groups excluding tert-OH is 1. The van der Waals surface area contributed by atoms with Gasteiger partial charge in [0.25, 0.3) is 5.91 Å². The smallest absolute Gasteiger partial charge is 0.312 e. The van der Waals surface area contributed by atoms with Crippen LogP contribution in [0.3, 0.4) is 0 Å². The molecule has 214 valence electrons. The van der Waals surface area contributed by atoms with Gasteiger partial charge < -0.3 is 29.1 Å². The molecule has 1 spiro atoms. The van der Waals surface area contributed by atoms with Crippen LogP contribution < -0.4 is 9.64 Å². The van der Waals surface area contributed by atoms with Crippen LogP contribution in [0.25, 0.3) is 0 Å². The van der Waals surface area contributed by atoms with Gasteiger partial charge in [-0.25, -0.2) is 0 Å². The predicted octanol–water partition coefficient (Wildman–Crippen LogP) is 3.20. The molecule has 2 aromatic carbocycles. The van der Waals surface area contributed by atoms with Crippen molar-refractivity contribution >= 4 is 23.5 Å². The first-order valence-corrected chi connectivity index (χ1v) is 14.1. The highest BCUT2D eigenvalue weighted by Gasteiger charge is 2.72. The number of anilines is 1. The topological polar surface area (TPSA) is 106 Å². The van der Waals surface area contributed by atoms with Crippen LogP contribution in [0.5, 0.6) is 5.75 Å². The SMILES string of the molecule is COc1ccc(N2CC=C[C@]34O[C@@H]5/C=C\CCCCOC(=O)[C@@H]5[C@H]3C(=O)N([C@H](CO)c3ccccc3)C4C2=O)cc1. The van der Waals surface area contributed by atoms with Crippen molar-refractivity contribution in [3.05, 3.63) is 84.5 Å². The monoisotopic (exact) mass is 558 g/mol. The van der Waals surface area contributed by atoms with Crippen molar-refractivity contribution in [2.75, 3.05) is 31.8 Å². The lowest BCUT2D eigenvalue weighted by molar-refractivity contribution is -0.155. The third kappa shape index (κ3) is 4.53. The zero-order chi connectivity index (χ0) is 28.6. The third-order valence-electron chi connectivity index (χ3n) is 8.62.